The molecule has 1 unspecified atom stereocenters. The highest BCUT2D eigenvalue weighted by Gasteiger charge is 2.35. The van der Waals surface area contributed by atoms with Crippen molar-refractivity contribution in [1.29, 1.82) is 0 Å². The van der Waals surface area contributed by atoms with E-state index in [1.165, 1.54) is 12.8 Å². The maximum Gasteiger partial charge on any atom is 0.259 e. The van der Waals surface area contributed by atoms with Crippen LogP contribution in [0.4, 0.5) is 11.4 Å². The fraction of sp³-hybridized carbons (Fsp3) is 0.435. The molecule has 0 N–H and O–H groups in total. The molecule has 0 radical (unpaired) electrons. The molecule has 5 nitrogen and oxygen atoms in total. The molecule has 28 heavy (non-hydrogen) atoms. The second kappa shape index (κ2) is 7.38. The molecule has 5 heteroatoms. The number of rotatable bonds is 5. The Labute approximate surface area is 166 Å². The van der Waals surface area contributed by atoms with E-state index in [-0.39, 0.29) is 18.1 Å². The lowest BCUT2D eigenvalue weighted by molar-refractivity contribution is 0.0992. The Morgan fingerprint density at radius 2 is 1.79 bits per heavy atom. The van der Waals surface area contributed by atoms with Crippen LogP contribution in [-0.4, -0.2) is 33.2 Å². The van der Waals surface area contributed by atoms with Gasteiger partial charge < -0.3 is 19.3 Å². The predicted molar refractivity (Wildman–Crippen MR) is 112 cm³/mol. The van der Waals surface area contributed by atoms with Crippen LogP contribution in [0.25, 0.3) is 0 Å². The van der Waals surface area contributed by atoms with Gasteiger partial charge in [-0.2, -0.15) is 0 Å². The van der Waals surface area contributed by atoms with E-state index < -0.39 is 0 Å². The maximum atomic E-state index is 13.2. The van der Waals surface area contributed by atoms with Crippen LogP contribution >= 0.6 is 0 Å². The van der Waals surface area contributed by atoms with E-state index in [9.17, 15) is 4.79 Å². The second-order valence-electron chi connectivity index (χ2n) is 7.88. The average molecular weight is 380 g/mol. The number of hydrogen-bond acceptors (Lipinski definition) is 4. The first-order chi connectivity index (χ1) is 13.5. The molecule has 2 aliphatic rings. The second-order valence-corrected chi connectivity index (χ2v) is 7.88. The van der Waals surface area contributed by atoms with Crippen molar-refractivity contribution in [3.8, 4) is 11.5 Å². The highest BCUT2D eigenvalue weighted by atomic mass is 16.5. The number of amides is 1. The summed E-state index contributed by atoms with van der Waals surface area (Å²) >= 11 is 0. The van der Waals surface area contributed by atoms with E-state index >= 15 is 0 Å². The van der Waals surface area contributed by atoms with E-state index in [1.807, 2.05) is 48.2 Å². The summed E-state index contributed by atoms with van der Waals surface area (Å²) in [5.74, 6) is 1.46. The van der Waals surface area contributed by atoms with Crippen LogP contribution < -0.4 is 19.3 Å². The van der Waals surface area contributed by atoms with Gasteiger partial charge in [0.1, 0.15) is 0 Å². The molecule has 1 aliphatic carbocycles. The molecule has 1 fully saturated rings. The number of carbonyl (C=O) groups is 1. The van der Waals surface area contributed by atoms with Gasteiger partial charge in [0.15, 0.2) is 11.5 Å². The van der Waals surface area contributed by atoms with Crippen molar-refractivity contribution in [2.75, 3.05) is 31.0 Å². The number of methoxy groups -OCH3 is 1. The molecule has 1 aliphatic heterocycles. The molecule has 1 heterocycles. The molecule has 1 atom stereocenters. The van der Waals surface area contributed by atoms with E-state index in [0.29, 0.717) is 5.75 Å². The molecule has 1 amide bonds. The van der Waals surface area contributed by atoms with Gasteiger partial charge in [-0.25, -0.2) is 0 Å². The molecule has 1 saturated carbocycles. The normalized spacial score (nSPS) is 19.1. The Hall–Kier alpha value is -2.69. The fourth-order valence-electron chi connectivity index (χ4n) is 4.25. The lowest BCUT2D eigenvalue weighted by Crippen LogP contribution is -2.26. The SMILES string of the molecule is COc1ccc(N2C(=O)c3cc(N(C)C)ccc3C2C)cc1OC1CCCC1. The van der Waals surface area contributed by atoms with Gasteiger partial charge in [-0.05, 0) is 62.4 Å². The topological polar surface area (TPSA) is 42.0 Å². The Morgan fingerprint density at radius 3 is 2.46 bits per heavy atom. The van der Waals surface area contributed by atoms with Gasteiger partial charge in [-0.1, -0.05) is 6.07 Å². The van der Waals surface area contributed by atoms with Crippen LogP contribution in [0, 0.1) is 0 Å². The van der Waals surface area contributed by atoms with Crippen molar-refractivity contribution in [2.24, 2.45) is 0 Å². The first kappa shape index (κ1) is 18.7. The van der Waals surface area contributed by atoms with Crippen LogP contribution in [0.2, 0.25) is 0 Å². The summed E-state index contributed by atoms with van der Waals surface area (Å²) in [6.45, 7) is 2.07. The Bertz CT molecular complexity index is 887. The number of nitrogens with zero attached hydrogens (tertiary/aromatic N) is 2. The highest BCUT2D eigenvalue weighted by molar-refractivity contribution is 6.11. The van der Waals surface area contributed by atoms with Crippen molar-refractivity contribution in [3.05, 3.63) is 47.5 Å². The molecule has 148 valence electrons. The zero-order chi connectivity index (χ0) is 19.8. The number of fused-ring (bicyclic) bond motifs is 1. The number of ether oxygens (including phenoxy) is 2. The zero-order valence-corrected chi connectivity index (χ0v) is 17.1. The van der Waals surface area contributed by atoms with Gasteiger partial charge in [0.05, 0.1) is 19.3 Å². The fourth-order valence-corrected chi connectivity index (χ4v) is 4.25. The summed E-state index contributed by atoms with van der Waals surface area (Å²) in [4.78, 5) is 17.1. The van der Waals surface area contributed by atoms with Gasteiger partial charge in [0, 0.05) is 37.1 Å². The predicted octanol–water partition coefficient (Wildman–Crippen LogP) is 4.80. The summed E-state index contributed by atoms with van der Waals surface area (Å²) in [5.41, 5.74) is 3.70. The maximum absolute atomic E-state index is 13.2. The Morgan fingerprint density at radius 1 is 1.04 bits per heavy atom. The molecule has 2 aromatic rings. The minimum absolute atomic E-state index is 0.0218. The standard InChI is InChI=1S/C23H28N2O3/c1-15-19-11-9-16(24(2)3)13-20(19)23(26)25(15)17-10-12-21(27-4)22(14-17)28-18-7-5-6-8-18/h9-15,18H,5-8H2,1-4H3. The molecular formula is C23H28N2O3. The molecule has 2 aromatic carbocycles. The van der Waals surface area contributed by atoms with E-state index in [4.69, 9.17) is 9.47 Å². The number of anilines is 2. The van der Waals surface area contributed by atoms with Crippen molar-refractivity contribution in [3.63, 3.8) is 0 Å². The molecule has 0 aromatic heterocycles. The van der Waals surface area contributed by atoms with Gasteiger partial charge in [-0.3, -0.25) is 4.79 Å². The van der Waals surface area contributed by atoms with Gasteiger partial charge in [-0.15, -0.1) is 0 Å². The highest BCUT2D eigenvalue weighted by Crippen LogP contribution is 2.42. The number of carbonyl (C=O) groups excluding carboxylic acids is 1. The van der Waals surface area contributed by atoms with Gasteiger partial charge in [0.25, 0.3) is 5.91 Å². The average Bonchev–Trinajstić information content (AvgIpc) is 3.28. The lowest BCUT2D eigenvalue weighted by Gasteiger charge is -2.24. The summed E-state index contributed by atoms with van der Waals surface area (Å²) in [6.07, 6.45) is 4.79. The number of hydrogen-bond donors (Lipinski definition) is 0. The molecular weight excluding hydrogens is 352 g/mol. The van der Waals surface area contributed by atoms with Crippen LogP contribution in [-0.2, 0) is 0 Å². The van der Waals surface area contributed by atoms with Crippen molar-refractivity contribution in [1.82, 2.24) is 0 Å². The van der Waals surface area contributed by atoms with Gasteiger partial charge >= 0.3 is 0 Å². The summed E-state index contributed by atoms with van der Waals surface area (Å²) in [5, 5.41) is 0. The monoisotopic (exact) mass is 380 g/mol. The van der Waals surface area contributed by atoms with E-state index in [2.05, 4.69) is 19.1 Å². The van der Waals surface area contributed by atoms with E-state index in [1.54, 1.807) is 7.11 Å². The largest absolute Gasteiger partial charge is 0.493 e. The zero-order valence-electron chi connectivity index (χ0n) is 17.1. The minimum atomic E-state index is -0.0218. The quantitative estimate of drug-likeness (QED) is 0.747. The minimum Gasteiger partial charge on any atom is -0.493 e. The Kier molecular flexibility index (Phi) is 4.92. The third-order valence-corrected chi connectivity index (χ3v) is 5.86. The van der Waals surface area contributed by atoms with Crippen molar-refractivity contribution in [2.45, 2.75) is 44.8 Å². The van der Waals surface area contributed by atoms with Crippen molar-refractivity contribution < 1.29 is 14.3 Å². The van der Waals surface area contributed by atoms with E-state index in [0.717, 1.165) is 41.1 Å². The molecule has 4 rings (SSSR count). The van der Waals surface area contributed by atoms with Crippen LogP contribution in [0.15, 0.2) is 36.4 Å². The first-order valence-electron chi connectivity index (χ1n) is 9.99. The smallest absolute Gasteiger partial charge is 0.259 e. The van der Waals surface area contributed by atoms with Crippen LogP contribution in [0.5, 0.6) is 11.5 Å². The van der Waals surface area contributed by atoms with Crippen LogP contribution in [0.3, 0.4) is 0 Å². The third kappa shape index (κ3) is 3.19. The van der Waals surface area contributed by atoms with Crippen molar-refractivity contribution >= 4 is 17.3 Å². The third-order valence-electron chi connectivity index (χ3n) is 5.86. The summed E-state index contributed by atoms with van der Waals surface area (Å²) in [7, 11) is 5.62. The Balaban J connectivity index is 1.67. The first-order valence-corrected chi connectivity index (χ1v) is 9.99. The number of benzene rings is 2. The molecule has 0 bridgehead atoms. The van der Waals surface area contributed by atoms with Crippen LogP contribution in [0.1, 0.15) is 54.6 Å². The lowest BCUT2D eigenvalue weighted by atomic mass is 10.0. The molecule has 0 saturated heterocycles. The van der Waals surface area contributed by atoms with Gasteiger partial charge in [0.2, 0.25) is 0 Å². The summed E-state index contributed by atoms with van der Waals surface area (Å²) in [6, 6.07) is 11.9. The molecule has 0 spiro atoms. The summed E-state index contributed by atoms with van der Waals surface area (Å²) < 4.78 is 11.7.